The van der Waals surface area contributed by atoms with Crippen LogP contribution in [0.3, 0.4) is 0 Å². The molecule has 0 spiro atoms. The van der Waals surface area contributed by atoms with Gasteiger partial charge in [-0.1, -0.05) is 54.1 Å². The normalized spacial score (nSPS) is 26.7. The molecule has 1 aliphatic heterocycles. The van der Waals surface area contributed by atoms with E-state index in [9.17, 15) is 0 Å². The summed E-state index contributed by atoms with van der Waals surface area (Å²) < 4.78 is 0. The van der Waals surface area contributed by atoms with Crippen LogP contribution in [0, 0.1) is 5.92 Å². The molecule has 23 heavy (non-hydrogen) atoms. The molecule has 2 aliphatic rings. The number of nitrogens with zero attached hydrogens (tertiary/aromatic N) is 2. The van der Waals surface area contributed by atoms with E-state index in [0.717, 1.165) is 17.5 Å². The number of hydrogen-bond donors (Lipinski definition) is 0. The van der Waals surface area contributed by atoms with Gasteiger partial charge in [-0.05, 0) is 48.9 Å². The minimum Gasteiger partial charge on any atom is -0.353 e. The van der Waals surface area contributed by atoms with Crippen molar-refractivity contribution in [3.05, 3.63) is 70.7 Å². The average Bonchev–Trinajstić information content (AvgIpc) is 3.33. The fourth-order valence-corrected chi connectivity index (χ4v) is 3.70. The number of benzene rings is 2. The third-order valence-electron chi connectivity index (χ3n) is 5.05. The molecule has 0 radical (unpaired) electrons. The second kappa shape index (κ2) is 5.68. The predicted octanol–water partition coefficient (Wildman–Crippen LogP) is 5.05. The molecule has 2 aromatic rings. The van der Waals surface area contributed by atoms with Crippen LogP contribution in [0.15, 0.2) is 59.6 Å². The molecule has 2 aromatic carbocycles. The first-order valence-corrected chi connectivity index (χ1v) is 8.67. The Hall–Kier alpha value is -1.80. The van der Waals surface area contributed by atoms with Crippen molar-refractivity contribution in [3.8, 4) is 0 Å². The topological polar surface area (TPSA) is 15.6 Å². The summed E-state index contributed by atoms with van der Waals surface area (Å²) in [5.74, 6) is 0.828. The molecule has 118 valence electrons. The zero-order valence-corrected chi connectivity index (χ0v) is 14.1. The van der Waals surface area contributed by atoms with E-state index < -0.39 is 0 Å². The van der Waals surface area contributed by atoms with Gasteiger partial charge in [0.2, 0.25) is 0 Å². The molecule has 1 fully saturated rings. The molecule has 1 heterocycles. The van der Waals surface area contributed by atoms with Crippen molar-refractivity contribution >= 4 is 17.9 Å². The van der Waals surface area contributed by atoms with E-state index in [1.54, 1.807) is 0 Å². The number of halogens is 1. The molecule has 2 nitrogen and oxygen atoms in total. The summed E-state index contributed by atoms with van der Waals surface area (Å²) in [7, 11) is 0. The standard InChI is InChI=1S/C20H21ClN2/c1-20(17-5-3-2-4-6-17)19(16-9-11-18(21)12-10-16)23(14-22-20)13-15-7-8-15/h2-6,9-12,14-15,19H,7-8,13H2,1H3. The van der Waals surface area contributed by atoms with Gasteiger partial charge in [0.25, 0.3) is 0 Å². The van der Waals surface area contributed by atoms with Crippen LogP contribution in [-0.4, -0.2) is 17.8 Å². The highest BCUT2D eigenvalue weighted by Gasteiger charge is 2.44. The zero-order valence-electron chi connectivity index (χ0n) is 13.3. The van der Waals surface area contributed by atoms with E-state index in [1.165, 1.54) is 24.0 Å². The molecule has 0 aromatic heterocycles. The second-order valence-corrected chi connectivity index (χ2v) is 7.29. The van der Waals surface area contributed by atoms with Crippen LogP contribution < -0.4 is 0 Å². The summed E-state index contributed by atoms with van der Waals surface area (Å²) in [6, 6.07) is 19.1. The van der Waals surface area contributed by atoms with Crippen LogP contribution >= 0.6 is 11.6 Å². The van der Waals surface area contributed by atoms with Crippen LogP contribution in [0.2, 0.25) is 5.02 Å². The van der Waals surface area contributed by atoms with Gasteiger partial charge in [0, 0.05) is 11.6 Å². The molecule has 1 saturated carbocycles. The first-order chi connectivity index (χ1) is 11.2. The first-order valence-electron chi connectivity index (χ1n) is 8.29. The third kappa shape index (κ3) is 2.76. The Kier molecular flexibility index (Phi) is 3.65. The minimum atomic E-state index is -0.260. The van der Waals surface area contributed by atoms with Gasteiger partial charge in [-0.15, -0.1) is 0 Å². The fourth-order valence-electron chi connectivity index (χ4n) is 3.57. The molecule has 4 rings (SSSR count). The molecule has 1 aliphatic carbocycles. The number of rotatable bonds is 4. The molecular formula is C20H21ClN2. The van der Waals surface area contributed by atoms with Gasteiger partial charge in [-0.25, -0.2) is 0 Å². The molecule has 0 bridgehead atoms. The summed E-state index contributed by atoms with van der Waals surface area (Å²) in [5.41, 5.74) is 2.28. The molecule has 2 unspecified atom stereocenters. The quantitative estimate of drug-likeness (QED) is 0.768. The molecule has 2 atom stereocenters. The van der Waals surface area contributed by atoms with E-state index in [-0.39, 0.29) is 11.6 Å². The van der Waals surface area contributed by atoms with Crippen molar-refractivity contribution in [1.29, 1.82) is 0 Å². The van der Waals surface area contributed by atoms with E-state index in [4.69, 9.17) is 16.6 Å². The highest BCUT2D eigenvalue weighted by atomic mass is 35.5. The van der Waals surface area contributed by atoms with Crippen molar-refractivity contribution in [2.24, 2.45) is 10.9 Å². The van der Waals surface area contributed by atoms with Gasteiger partial charge in [-0.3, -0.25) is 4.99 Å². The summed E-state index contributed by atoms with van der Waals surface area (Å²) >= 11 is 6.09. The molecule has 0 saturated heterocycles. The van der Waals surface area contributed by atoms with Crippen molar-refractivity contribution in [3.63, 3.8) is 0 Å². The molecule has 3 heteroatoms. The predicted molar refractivity (Wildman–Crippen MR) is 95.9 cm³/mol. The van der Waals surface area contributed by atoms with E-state index >= 15 is 0 Å². The van der Waals surface area contributed by atoms with E-state index in [2.05, 4.69) is 60.6 Å². The van der Waals surface area contributed by atoms with Crippen LogP contribution in [0.1, 0.15) is 36.9 Å². The smallest absolute Gasteiger partial charge is 0.109 e. The Morgan fingerprint density at radius 2 is 1.78 bits per heavy atom. The summed E-state index contributed by atoms with van der Waals surface area (Å²) in [6.45, 7) is 3.34. The van der Waals surface area contributed by atoms with Gasteiger partial charge in [0.15, 0.2) is 0 Å². The van der Waals surface area contributed by atoms with Crippen LogP contribution in [0.4, 0.5) is 0 Å². The van der Waals surface area contributed by atoms with E-state index in [1.807, 2.05) is 12.1 Å². The lowest BCUT2D eigenvalue weighted by atomic mass is 9.81. The maximum Gasteiger partial charge on any atom is 0.109 e. The van der Waals surface area contributed by atoms with Crippen molar-refractivity contribution < 1.29 is 0 Å². The number of hydrogen-bond acceptors (Lipinski definition) is 2. The summed E-state index contributed by atoms with van der Waals surface area (Å²) in [6.07, 6.45) is 4.75. The van der Waals surface area contributed by atoms with Crippen LogP contribution in [0.5, 0.6) is 0 Å². The summed E-state index contributed by atoms with van der Waals surface area (Å²) in [4.78, 5) is 7.37. The SMILES string of the molecule is CC1(c2ccccc2)N=CN(CC2CC2)C1c1ccc(Cl)cc1. The highest BCUT2D eigenvalue weighted by Crippen LogP contribution is 2.47. The first kappa shape index (κ1) is 14.8. The number of aliphatic imine (C=N–C) groups is 1. The van der Waals surface area contributed by atoms with Crippen molar-refractivity contribution in [2.45, 2.75) is 31.3 Å². The maximum absolute atomic E-state index is 6.09. The Morgan fingerprint density at radius 3 is 2.43 bits per heavy atom. The minimum absolute atomic E-state index is 0.225. The molecule has 0 N–H and O–H groups in total. The van der Waals surface area contributed by atoms with Crippen molar-refractivity contribution in [2.75, 3.05) is 6.54 Å². The Balaban J connectivity index is 1.75. The van der Waals surface area contributed by atoms with Gasteiger partial charge in [-0.2, -0.15) is 0 Å². The van der Waals surface area contributed by atoms with Gasteiger partial charge in [0.05, 0.1) is 12.4 Å². The largest absolute Gasteiger partial charge is 0.353 e. The lowest BCUT2D eigenvalue weighted by Crippen LogP contribution is -2.35. The lowest BCUT2D eigenvalue weighted by Gasteiger charge is -2.35. The summed E-state index contributed by atoms with van der Waals surface area (Å²) in [5, 5.41) is 0.780. The van der Waals surface area contributed by atoms with Gasteiger partial charge < -0.3 is 4.90 Å². The Labute approximate surface area is 142 Å². The van der Waals surface area contributed by atoms with Gasteiger partial charge in [0.1, 0.15) is 5.54 Å². The van der Waals surface area contributed by atoms with Crippen LogP contribution in [-0.2, 0) is 5.54 Å². The monoisotopic (exact) mass is 324 g/mol. The Morgan fingerprint density at radius 1 is 1.09 bits per heavy atom. The maximum atomic E-state index is 6.09. The third-order valence-corrected chi connectivity index (χ3v) is 5.30. The fraction of sp³-hybridized carbons (Fsp3) is 0.350. The average molecular weight is 325 g/mol. The molecular weight excluding hydrogens is 304 g/mol. The van der Waals surface area contributed by atoms with Crippen molar-refractivity contribution in [1.82, 2.24) is 4.90 Å². The zero-order chi connectivity index (χ0) is 15.9. The highest BCUT2D eigenvalue weighted by molar-refractivity contribution is 6.30. The molecule has 0 amide bonds. The van der Waals surface area contributed by atoms with Gasteiger partial charge >= 0.3 is 0 Å². The van der Waals surface area contributed by atoms with E-state index in [0.29, 0.717) is 0 Å². The lowest BCUT2D eigenvalue weighted by molar-refractivity contribution is 0.243. The Bertz CT molecular complexity index is 706. The van der Waals surface area contributed by atoms with Crippen LogP contribution in [0.25, 0.3) is 0 Å². The second-order valence-electron chi connectivity index (χ2n) is 6.85.